The number of aromatic nitrogens is 1. The van der Waals surface area contributed by atoms with E-state index in [9.17, 15) is 8.42 Å². The van der Waals surface area contributed by atoms with Gasteiger partial charge in [0.15, 0.2) is 5.13 Å². The van der Waals surface area contributed by atoms with E-state index in [0.717, 1.165) is 10.6 Å². The zero-order valence-corrected chi connectivity index (χ0v) is 14.0. The number of sulfonamides is 1. The van der Waals surface area contributed by atoms with Crippen LogP contribution in [0, 0.1) is 0 Å². The van der Waals surface area contributed by atoms with E-state index in [2.05, 4.69) is 9.71 Å². The Balaban J connectivity index is 1.82. The molecule has 0 amide bonds. The molecule has 22 heavy (non-hydrogen) atoms. The number of hydrogen-bond donors (Lipinski definition) is 1. The Kier molecular flexibility index (Phi) is 4.14. The van der Waals surface area contributed by atoms with Gasteiger partial charge in [-0.25, -0.2) is 13.4 Å². The summed E-state index contributed by atoms with van der Waals surface area (Å²) in [4.78, 5) is 5.48. The van der Waals surface area contributed by atoms with Crippen molar-refractivity contribution in [3.8, 4) is 16.3 Å². The van der Waals surface area contributed by atoms with Gasteiger partial charge in [0.2, 0.25) is 0 Å². The first-order valence-corrected chi connectivity index (χ1v) is 9.49. The molecule has 114 valence electrons. The van der Waals surface area contributed by atoms with Crippen LogP contribution in [0.5, 0.6) is 5.75 Å². The molecule has 0 aliphatic heterocycles. The molecule has 0 saturated carbocycles. The maximum atomic E-state index is 12.3. The van der Waals surface area contributed by atoms with Crippen molar-refractivity contribution in [2.75, 3.05) is 11.8 Å². The molecule has 0 spiro atoms. The highest BCUT2D eigenvalue weighted by Crippen LogP contribution is 2.29. The van der Waals surface area contributed by atoms with Gasteiger partial charge in [0, 0.05) is 5.38 Å². The van der Waals surface area contributed by atoms with Gasteiger partial charge in [-0.1, -0.05) is 6.07 Å². The van der Waals surface area contributed by atoms with Crippen LogP contribution in [-0.2, 0) is 10.0 Å². The second-order valence-corrected chi connectivity index (χ2v) is 7.78. The van der Waals surface area contributed by atoms with Gasteiger partial charge in [-0.3, -0.25) is 4.72 Å². The number of rotatable bonds is 5. The van der Waals surface area contributed by atoms with E-state index >= 15 is 0 Å². The molecule has 0 radical (unpaired) electrons. The summed E-state index contributed by atoms with van der Waals surface area (Å²) in [6.07, 6.45) is 0. The maximum Gasteiger partial charge on any atom is 0.263 e. The van der Waals surface area contributed by atoms with E-state index in [-0.39, 0.29) is 4.90 Å². The fourth-order valence-corrected chi connectivity index (χ4v) is 4.51. The van der Waals surface area contributed by atoms with Gasteiger partial charge in [0.25, 0.3) is 10.0 Å². The maximum absolute atomic E-state index is 12.3. The minimum Gasteiger partial charge on any atom is -0.497 e. The summed E-state index contributed by atoms with van der Waals surface area (Å²) < 4.78 is 32.1. The summed E-state index contributed by atoms with van der Waals surface area (Å²) in [5.74, 6) is 0.605. The lowest BCUT2D eigenvalue weighted by Crippen LogP contribution is -2.12. The predicted octanol–water partition coefficient (Wildman–Crippen LogP) is 3.68. The van der Waals surface area contributed by atoms with Crippen LogP contribution in [0.15, 0.2) is 52.1 Å². The average molecular weight is 352 g/mol. The number of ether oxygens (including phenoxy) is 1. The lowest BCUT2D eigenvalue weighted by atomic mass is 10.3. The molecular formula is C14H12N2O3S3. The summed E-state index contributed by atoms with van der Waals surface area (Å²) in [6, 6.07) is 10.1. The third-order valence-corrected chi connectivity index (χ3v) is 6.00. The number of benzene rings is 1. The molecule has 1 N–H and O–H groups in total. The summed E-state index contributed by atoms with van der Waals surface area (Å²) >= 11 is 2.82. The quantitative estimate of drug-likeness (QED) is 0.760. The van der Waals surface area contributed by atoms with Crippen molar-refractivity contribution in [2.24, 2.45) is 0 Å². The van der Waals surface area contributed by atoms with Gasteiger partial charge >= 0.3 is 0 Å². The van der Waals surface area contributed by atoms with Crippen molar-refractivity contribution in [3.05, 3.63) is 47.2 Å². The standard InChI is InChI=1S/C14H12N2O3S3/c1-19-10-4-6-11(7-5-10)22(17,18)16-14-15-12(9-21-14)13-3-2-8-20-13/h2-9H,1H3,(H,15,16). The number of nitrogens with one attached hydrogen (secondary N) is 1. The number of hydrogen-bond acceptors (Lipinski definition) is 6. The van der Waals surface area contributed by atoms with Crippen LogP contribution in [0.3, 0.4) is 0 Å². The molecule has 2 heterocycles. The molecular weight excluding hydrogens is 340 g/mol. The molecule has 0 unspecified atom stereocenters. The molecule has 0 aliphatic rings. The van der Waals surface area contributed by atoms with E-state index in [0.29, 0.717) is 10.9 Å². The largest absolute Gasteiger partial charge is 0.497 e. The van der Waals surface area contributed by atoms with Gasteiger partial charge in [0.05, 0.1) is 22.6 Å². The van der Waals surface area contributed by atoms with Crippen LogP contribution in [-0.4, -0.2) is 20.5 Å². The molecule has 0 aliphatic carbocycles. The number of nitrogens with zero attached hydrogens (tertiary/aromatic N) is 1. The molecule has 5 nitrogen and oxygen atoms in total. The second kappa shape index (κ2) is 6.07. The summed E-state index contributed by atoms with van der Waals surface area (Å²) in [5.41, 5.74) is 0.771. The lowest BCUT2D eigenvalue weighted by Gasteiger charge is -2.06. The molecule has 1 aromatic carbocycles. The number of thiazole rings is 1. The van der Waals surface area contributed by atoms with Crippen molar-refractivity contribution in [1.29, 1.82) is 0 Å². The van der Waals surface area contributed by atoms with Crippen molar-refractivity contribution in [2.45, 2.75) is 4.90 Å². The zero-order valence-electron chi connectivity index (χ0n) is 11.5. The monoisotopic (exact) mass is 352 g/mol. The van der Waals surface area contributed by atoms with Crippen LogP contribution in [0.25, 0.3) is 10.6 Å². The highest BCUT2D eigenvalue weighted by atomic mass is 32.2. The molecule has 3 rings (SSSR count). The average Bonchev–Trinajstić information content (AvgIpc) is 3.18. The Hall–Kier alpha value is -1.90. The molecule has 0 saturated heterocycles. The fourth-order valence-electron chi connectivity index (χ4n) is 1.79. The number of methoxy groups -OCH3 is 1. The molecule has 0 bridgehead atoms. The van der Waals surface area contributed by atoms with Gasteiger partial charge < -0.3 is 4.74 Å². The minimum atomic E-state index is -3.65. The Labute approximate surface area is 136 Å². The van der Waals surface area contributed by atoms with Gasteiger partial charge in [-0.15, -0.1) is 22.7 Å². The Morgan fingerprint density at radius 2 is 1.91 bits per heavy atom. The molecule has 8 heteroatoms. The van der Waals surface area contributed by atoms with Crippen LogP contribution in [0.2, 0.25) is 0 Å². The van der Waals surface area contributed by atoms with Crippen molar-refractivity contribution < 1.29 is 13.2 Å². The van der Waals surface area contributed by atoms with Gasteiger partial charge in [-0.05, 0) is 35.7 Å². The highest BCUT2D eigenvalue weighted by molar-refractivity contribution is 7.93. The SMILES string of the molecule is COc1ccc(S(=O)(=O)Nc2nc(-c3cccs3)cs2)cc1. The first-order chi connectivity index (χ1) is 10.6. The third kappa shape index (κ3) is 3.13. The Morgan fingerprint density at radius 3 is 2.55 bits per heavy atom. The fraction of sp³-hybridized carbons (Fsp3) is 0.0714. The topological polar surface area (TPSA) is 68.3 Å². The number of thiophene rings is 1. The predicted molar refractivity (Wildman–Crippen MR) is 89.2 cm³/mol. The van der Waals surface area contributed by atoms with Crippen LogP contribution >= 0.6 is 22.7 Å². The molecule has 3 aromatic rings. The second-order valence-electron chi connectivity index (χ2n) is 4.30. The third-order valence-electron chi connectivity index (χ3n) is 2.87. The molecule has 0 atom stereocenters. The smallest absolute Gasteiger partial charge is 0.263 e. The number of anilines is 1. The van der Waals surface area contributed by atoms with Crippen molar-refractivity contribution in [3.63, 3.8) is 0 Å². The minimum absolute atomic E-state index is 0.168. The van der Waals surface area contributed by atoms with Gasteiger partial charge in [-0.2, -0.15) is 0 Å². The van der Waals surface area contributed by atoms with Crippen molar-refractivity contribution in [1.82, 2.24) is 4.98 Å². The highest BCUT2D eigenvalue weighted by Gasteiger charge is 2.16. The first-order valence-electron chi connectivity index (χ1n) is 6.25. The molecule has 2 aromatic heterocycles. The van der Waals surface area contributed by atoms with Crippen molar-refractivity contribution >= 4 is 37.8 Å². The zero-order chi connectivity index (χ0) is 15.6. The van der Waals surface area contributed by atoms with E-state index in [1.165, 1.54) is 30.6 Å². The molecule has 0 fully saturated rings. The van der Waals surface area contributed by atoms with E-state index in [4.69, 9.17) is 4.74 Å². The van der Waals surface area contributed by atoms with E-state index < -0.39 is 10.0 Å². The summed E-state index contributed by atoms with van der Waals surface area (Å²) in [5, 5.41) is 4.13. The normalized spacial score (nSPS) is 11.3. The summed E-state index contributed by atoms with van der Waals surface area (Å²) in [6.45, 7) is 0. The Morgan fingerprint density at radius 1 is 1.14 bits per heavy atom. The lowest BCUT2D eigenvalue weighted by molar-refractivity contribution is 0.414. The summed E-state index contributed by atoms with van der Waals surface area (Å²) in [7, 11) is -2.12. The Bertz CT molecular complexity index is 853. The van der Waals surface area contributed by atoms with Crippen LogP contribution in [0.4, 0.5) is 5.13 Å². The first kappa shape index (κ1) is 15.0. The van der Waals surface area contributed by atoms with Crippen LogP contribution < -0.4 is 9.46 Å². The van der Waals surface area contributed by atoms with Gasteiger partial charge in [0.1, 0.15) is 5.75 Å². The van der Waals surface area contributed by atoms with E-state index in [1.807, 2.05) is 22.9 Å². The van der Waals surface area contributed by atoms with Crippen LogP contribution in [0.1, 0.15) is 0 Å². The van der Waals surface area contributed by atoms with E-state index in [1.54, 1.807) is 23.5 Å².